The number of nitrogens with one attached hydrogen (secondary N) is 1. The highest BCUT2D eigenvalue weighted by Gasteiger charge is 2.36. The average molecular weight is 498 g/mol. The van der Waals surface area contributed by atoms with Gasteiger partial charge in [-0.05, 0) is 55.3 Å². The summed E-state index contributed by atoms with van der Waals surface area (Å²) in [5.74, 6) is -2.26. The molecule has 11 heteroatoms. The highest BCUT2D eigenvalue weighted by atomic mass is 32.2. The molecule has 33 heavy (non-hydrogen) atoms. The first-order chi connectivity index (χ1) is 15.8. The molecule has 2 amide bonds. The van der Waals surface area contributed by atoms with Crippen LogP contribution in [-0.4, -0.2) is 61.7 Å². The number of hydrogen-bond donors (Lipinski definition) is 1. The Balaban J connectivity index is 1.28. The zero-order chi connectivity index (χ0) is 23.6. The number of hydrogen-bond acceptors (Lipinski definition) is 5. The van der Waals surface area contributed by atoms with Crippen LogP contribution >= 0.6 is 11.3 Å². The van der Waals surface area contributed by atoms with Crippen LogP contribution in [0.5, 0.6) is 0 Å². The first-order valence-corrected chi connectivity index (χ1v) is 13.2. The largest absolute Gasteiger partial charge is 0.349 e. The van der Waals surface area contributed by atoms with Gasteiger partial charge in [-0.1, -0.05) is 0 Å². The van der Waals surface area contributed by atoms with Gasteiger partial charge in [0.15, 0.2) is 0 Å². The SMILES string of the molecule is O=C(NC1CCN(C(=O)C2CCN(S(=O)(=O)c3cc(F)ccc3F)CC2)CC1)c1ccsc1. The van der Waals surface area contributed by atoms with Crippen LogP contribution in [0.15, 0.2) is 39.9 Å². The molecule has 0 atom stereocenters. The Morgan fingerprint density at radius 2 is 1.70 bits per heavy atom. The molecule has 7 nitrogen and oxygen atoms in total. The van der Waals surface area contributed by atoms with E-state index < -0.39 is 26.6 Å². The second-order valence-electron chi connectivity index (χ2n) is 8.34. The number of sulfonamides is 1. The summed E-state index contributed by atoms with van der Waals surface area (Å²) in [7, 11) is -4.17. The molecular formula is C22H25F2N3O4S2. The van der Waals surface area contributed by atoms with Crippen molar-refractivity contribution in [2.45, 2.75) is 36.6 Å². The fraction of sp³-hybridized carbons (Fsp3) is 0.455. The number of nitrogens with zero attached hydrogens (tertiary/aromatic N) is 2. The first-order valence-electron chi connectivity index (χ1n) is 10.8. The van der Waals surface area contributed by atoms with Gasteiger partial charge in [0, 0.05) is 49.1 Å². The minimum atomic E-state index is -4.17. The van der Waals surface area contributed by atoms with E-state index >= 15 is 0 Å². The van der Waals surface area contributed by atoms with Gasteiger partial charge in [-0.3, -0.25) is 9.59 Å². The maximum atomic E-state index is 14.0. The van der Waals surface area contributed by atoms with Crippen LogP contribution in [0.4, 0.5) is 8.78 Å². The molecule has 4 rings (SSSR count). The molecule has 2 aliphatic rings. The molecule has 0 aliphatic carbocycles. The lowest BCUT2D eigenvalue weighted by Gasteiger charge is -2.37. The standard InChI is InChI=1S/C22H25F2N3O4S2/c23-17-1-2-19(24)20(13-17)33(30,31)27-10-3-15(4-11-27)22(29)26-8-5-18(6-9-26)25-21(28)16-7-12-32-14-16/h1-2,7,12-15,18H,3-6,8-11H2,(H,25,28). The van der Waals surface area contributed by atoms with Crippen molar-refractivity contribution in [2.24, 2.45) is 5.92 Å². The van der Waals surface area contributed by atoms with Gasteiger partial charge in [-0.15, -0.1) is 0 Å². The predicted molar refractivity (Wildman–Crippen MR) is 119 cm³/mol. The highest BCUT2D eigenvalue weighted by molar-refractivity contribution is 7.89. The van der Waals surface area contributed by atoms with Crippen molar-refractivity contribution < 1.29 is 26.8 Å². The number of carbonyl (C=O) groups is 2. The maximum Gasteiger partial charge on any atom is 0.252 e. The molecule has 0 bridgehead atoms. The Hall–Kier alpha value is -2.37. The Labute approximate surface area is 195 Å². The van der Waals surface area contributed by atoms with Gasteiger partial charge in [0.25, 0.3) is 5.91 Å². The van der Waals surface area contributed by atoms with E-state index in [2.05, 4.69) is 5.32 Å². The minimum Gasteiger partial charge on any atom is -0.349 e. The Bertz CT molecular complexity index is 1110. The van der Waals surface area contributed by atoms with Gasteiger partial charge in [-0.25, -0.2) is 17.2 Å². The van der Waals surface area contributed by atoms with Crippen LogP contribution in [0.3, 0.4) is 0 Å². The molecule has 0 saturated carbocycles. The fourth-order valence-corrected chi connectivity index (χ4v) is 6.50. The van der Waals surface area contributed by atoms with E-state index in [1.807, 2.05) is 5.38 Å². The number of thiophene rings is 1. The van der Waals surface area contributed by atoms with Crippen LogP contribution in [0.1, 0.15) is 36.0 Å². The number of amides is 2. The molecule has 1 aromatic carbocycles. The Kier molecular flexibility index (Phi) is 7.10. The summed E-state index contributed by atoms with van der Waals surface area (Å²) in [6.45, 7) is 1.20. The van der Waals surface area contributed by atoms with Gasteiger partial charge in [0.2, 0.25) is 15.9 Å². The highest BCUT2D eigenvalue weighted by Crippen LogP contribution is 2.27. The molecule has 2 saturated heterocycles. The lowest BCUT2D eigenvalue weighted by molar-refractivity contribution is -0.137. The van der Waals surface area contributed by atoms with Crippen molar-refractivity contribution in [3.05, 3.63) is 52.2 Å². The summed E-state index contributed by atoms with van der Waals surface area (Å²) in [4.78, 5) is 26.3. The van der Waals surface area contributed by atoms with Gasteiger partial charge in [-0.2, -0.15) is 15.6 Å². The summed E-state index contributed by atoms with van der Waals surface area (Å²) in [5.41, 5.74) is 0.637. The van der Waals surface area contributed by atoms with Crippen molar-refractivity contribution in [1.29, 1.82) is 0 Å². The van der Waals surface area contributed by atoms with E-state index in [0.29, 0.717) is 50.4 Å². The third-order valence-corrected chi connectivity index (χ3v) is 8.84. The molecule has 178 valence electrons. The minimum absolute atomic E-state index is 0.00889. The van der Waals surface area contributed by atoms with Crippen LogP contribution in [0, 0.1) is 17.6 Å². The van der Waals surface area contributed by atoms with Crippen molar-refractivity contribution >= 4 is 33.2 Å². The van der Waals surface area contributed by atoms with Gasteiger partial charge < -0.3 is 10.2 Å². The quantitative estimate of drug-likeness (QED) is 0.688. The lowest BCUT2D eigenvalue weighted by Crippen LogP contribution is -2.49. The zero-order valence-electron chi connectivity index (χ0n) is 17.9. The molecule has 2 fully saturated rings. The number of halogens is 2. The second-order valence-corrected chi connectivity index (χ2v) is 11.0. The van der Waals surface area contributed by atoms with Crippen LogP contribution in [-0.2, 0) is 14.8 Å². The van der Waals surface area contributed by atoms with Gasteiger partial charge in [0.05, 0.1) is 0 Å². The average Bonchev–Trinajstić information content (AvgIpc) is 3.36. The normalized spacial score (nSPS) is 18.9. The van der Waals surface area contributed by atoms with E-state index in [4.69, 9.17) is 0 Å². The van der Waals surface area contributed by atoms with Crippen molar-refractivity contribution in [2.75, 3.05) is 26.2 Å². The molecule has 0 unspecified atom stereocenters. The monoisotopic (exact) mass is 497 g/mol. The third-order valence-electron chi connectivity index (χ3n) is 6.24. The second kappa shape index (κ2) is 9.86. The number of piperidine rings is 2. The van der Waals surface area contributed by atoms with Crippen LogP contribution < -0.4 is 5.32 Å². The van der Waals surface area contributed by atoms with E-state index in [9.17, 15) is 26.8 Å². The lowest BCUT2D eigenvalue weighted by atomic mass is 9.95. The molecule has 1 N–H and O–H groups in total. The number of rotatable bonds is 5. The predicted octanol–water partition coefficient (Wildman–Crippen LogP) is 2.85. The molecule has 0 radical (unpaired) electrons. The van der Waals surface area contributed by atoms with Crippen LogP contribution in [0.25, 0.3) is 0 Å². The molecule has 0 spiro atoms. The molecule has 2 aliphatic heterocycles. The number of carbonyl (C=O) groups excluding carboxylic acids is 2. The number of likely N-dealkylation sites (tertiary alicyclic amines) is 1. The summed E-state index contributed by atoms with van der Waals surface area (Å²) in [6, 6.07) is 4.13. The zero-order valence-corrected chi connectivity index (χ0v) is 19.5. The Morgan fingerprint density at radius 3 is 2.33 bits per heavy atom. The van der Waals surface area contributed by atoms with E-state index in [-0.39, 0.29) is 36.9 Å². The van der Waals surface area contributed by atoms with E-state index in [0.717, 1.165) is 16.4 Å². The molecular weight excluding hydrogens is 472 g/mol. The summed E-state index contributed by atoms with van der Waals surface area (Å²) in [5, 5.41) is 6.65. The first kappa shape index (κ1) is 23.8. The van der Waals surface area contributed by atoms with Crippen LogP contribution in [0.2, 0.25) is 0 Å². The third kappa shape index (κ3) is 5.25. The van der Waals surface area contributed by atoms with E-state index in [1.54, 1.807) is 16.3 Å². The summed E-state index contributed by atoms with van der Waals surface area (Å²) in [6.07, 6.45) is 1.97. The molecule has 3 heterocycles. The van der Waals surface area contributed by atoms with Crippen molar-refractivity contribution in [1.82, 2.24) is 14.5 Å². The Morgan fingerprint density at radius 1 is 1.00 bits per heavy atom. The number of benzene rings is 1. The molecule has 2 aromatic rings. The van der Waals surface area contributed by atoms with Gasteiger partial charge in [0.1, 0.15) is 16.5 Å². The summed E-state index contributed by atoms with van der Waals surface area (Å²) < 4.78 is 54.1. The fourth-order valence-electron chi connectivity index (χ4n) is 4.32. The topological polar surface area (TPSA) is 86.8 Å². The summed E-state index contributed by atoms with van der Waals surface area (Å²) >= 11 is 1.46. The van der Waals surface area contributed by atoms with Gasteiger partial charge >= 0.3 is 0 Å². The van der Waals surface area contributed by atoms with Crippen molar-refractivity contribution in [3.63, 3.8) is 0 Å². The van der Waals surface area contributed by atoms with E-state index in [1.165, 1.54) is 11.3 Å². The van der Waals surface area contributed by atoms with Crippen molar-refractivity contribution in [3.8, 4) is 0 Å². The molecule has 1 aromatic heterocycles. The smallest absolute Gasteiger partial charge is 0.252 e. The maximum absolute atomic E-state index is 14.0.